The zero-order valence-electron chi connectivity index (χ0n) is 15.8. The van der Waals surface area contributed by atoms with E-state index in [-0.39, 0.29) is 5.91 Å². The van der Waals surface area contributed by atoms with Crippen LogP contribution in [0.1, 0.15) is 46.8 Å². The SMILES string of the molecule is O=C(NCc1nnc2n1CCCCC2)c1ccc(OCc2ccccc2)cc1. The lowest BCUT2D eigenvalue weighted by Gasteiger charge is -2.09. The van der Waals surface area contributed by atoms with Gasteiger partial charge >= 0.3 is 0 Å². The van der Waals surface area contributed by atoms with Gasteiger partial charge in [-0.1, -0.05) is 36.8 Å². The van der Waals surface area contributed by atoms with Gasteiger partial charge in [0.05, 0.1) is 6.54 Å². The van der Waals surface area contributed by atoms with Crippen LogP contribution in [-0.2, 0) is 26.1 Å². The second-order valence-corrected chi connectivity index (χ2v) is 6.98. The summed E-state index contributed by atoms with van der Waals surface area (Å²) in [5, 5.41) is 11.5. The summed E-state index contributed by atoms with van der Waals surface area (Å²) in [6.45, 7) is 1.82. The van der Waals surface area contributed by atoms with Crippen LogP contribution in [0.5, 0.6) is 5.75 Å². The van der Waals surface area contributed by atoms with Gasteiger partial charge in [0.2, 0.25) is 0 Å². The molecule has 0 aliphatic carbocycles. The Labute approximate surface area is 164 Å². The molecule has 2 heterocycles. The van der Waals surface area contributed by atoms with Gasteiger partial charge in [-0.25, -0.2) is 0 Å². The van der Waals surface area contributed by atoms with Gasteiger partial charge in [0, 0.05) is 18.5 Å². The van der Waals surface area contributed by atoms with Gasteiger partial charge in [0.1, 0.15) is 18.2 Å². The quantitative estimate of drug-likeness (QED) is 0.715. The molecule has 0 atom stereocenters. The Morgan fingerprint density at radius 1 is 1.00 bits per heavy atom. The van der Waals surface area contributed by atoms with Crippen LogP contribution < -0.4 is 10.1 Å². The van der Waals surface area contributed by atoms with Crippen molar-refractivity contribution in [2.24, 2.45) is 0 Å². The molecule has 0 bridgehead atoms. The molecule has 0 unspecified atom stereocenters. The maximum Gasteiger partial charge on any atom is 0.251 e. The van der Waals surface area contributed by atoms with Gasteiger partial charge < -0.3 is 14.6 Å². The number of fused-ring (bicyclic) bond motifs is 1. The molecule has 0 saturated heterocycles. The number of carbonyl (C=O) groups excluding carboxylic acids is 1. The first-order valence-electron chi connectivity index (χ1n) is 9.75. The highest BCUT2D eigenvalue weighted by atomic mass is 16.5. The van der Waals surface area contributed by atoms with E-state index in [1.54, 1.807) is 12.1 Å². The summed E-state index contributed by atoms with van der Waals surface area (Å²) in [6.07, 6.45) is 4.47. The first-order valence-corrected chi connectivity index (χ1v) is 9.75. The monoisotopic (exact) mass is 376 g/mol. The topological polar surface area (TPSA) is 69.0 Å². The molecule has 1 amide bonds. The summed E-state index contributed by atoms with van der Waals surface area (Å²) in [5.41, 5.74) is 1.71. The molecule has 144 valence electrons. The third kappa shape index (κ3) is 4.39. The molecule has 1 aliphatic heterocycles. The van der Waals surface area contributed by atoms with Crippen molar-refractivity contribution in [2.75, 3.05) is 0 Å². The van der Waals surface area contributed by atoms with Crippen molar-refractivity contribution in [2.45, 2.75) is 45.4 Å². The number of aromatic nitrogens is 3. The number of ether oxygens (including phenoxy) is 1. The van der Waals surface area contributed by atoms with Crippen LogP contribution in [0.2, 0.25) is 0 Å². The molecule has 1 N–H and O–H groups in total. The summed E-state index contributed by atoms with van der Waals surface area (Å²) in [4.78, 5) is 12.5. The van der Waals surface area contributed by atoms with Crippen molar-refractivity contribution in [3.05, 3.63) is 77.4 Å². The number of hydrogen-bond acceptors (Lipinski definition) is 4. The Bertz CT molecular complexity index is 919. The number of nitrogens with one attached hydrogen (secondary N) is 1. The van der Waals surface area contributed by atoms with Gasteiger partial charge in [-0.3, -0.25) is 4.79 Å². The van der Waals surface area contributed by atoms with Crippen LogP contribution in [0, 0.1) is 0 Å². The van der Waals surface area contributed by atoms with Crippen molar-refractivity contribution in [3.8, 4) is 5.75 Å². The molecule has 0 saturated carbocycles. The molecule has 0 spiro atoms. The molecule has 1 aromatic heterocycles. The number of carbonyl (C=O) groups is 1. The van der Waals surface area contributed by atoms with Crippen LogP contribution in [0.25, 0.3) is 0 Å². The van der Waals surface area contributed by atoms with Gasteiger partial charge in [-0.2, -0.15) is 0 Å². The number of aryl methyl sites for hydroxylation is 1. The fourth-order valence-electron chi connectivity index (χ4n) is 3.38. The van der Waals surface area contributed by atoms with Gasteiger partial charge in [0.25, 0.3) is 5.91 Å². The molecule has 1 aliphatic rings. The second-order valence-electron chi connectivity index (χ2n) is 6.98. The first kappa shape index (κ1) is 18.2. The molecule has 3 aromatic rings. The zero-order valence-corrected chi connectivity index (χ0v) is 15.8. The van der Waals surface area contributed by atoms with E-state index in [0.717, 1.165) is 48.8 Å². The van der Waals surface area contributed by atoms with E-state index in [4.69, 9.17) is 4.74 Å². The molecule has 6 heteroatoms. The highest BCUT2D eigenvalue weighted by molar-refractivity contribution is 5.94. The van der Waals surface area contributed by atoms with E-state index < -0.39 is 0 Å². The predicted octanol–water partition coefficient (Wildman–Crippen LogP) is 3.51. The number of amides is 1. The number of rotatable bonds is 6. The van der Waals surface area contributed by atoms with Crippen molar-refractivity contribution in [3.63, 3.8) is 0 Å². The average molecular weight is 376 g/mol. The molecule has 0 fully saturated rings. The van der Waals surface area contributed by atoms with E-state index >= 15 is 0 Å². The third-order valence-corrected chi connectivity index (χ3v) is 4.96. The molecule has 28 heavy (non-hydrogen) atoms. The van der Waals surface area contributed by atoms with E-state index in [1.165, 1.54) is 6.42 Å². The largest absolute Gasteiger partial charge is 0.489 e. The smallest absolute Gasteiger partial charge is 0.251 e. The van der Waals surface area contributed by atoms with Crippen molar-refractivity contribution in [1.82, 2.24) is 20.1 Å². The highest BCUT2D eigenvalue weighted by Crippen LogP contribution is 2.16. The van der Waals surface area contributed by atoms with Crippen molar-refractivity contribution < 1.29 is 9.53 Å². The molecular weight excluding hydrogens is 352 g/mol. The summed E-state index contributed by atoms with van der Waals surface area (Å²) < 4.78 is 7.91. The predicted molar refractivity (Wildman–Crippen MR) is 106 cm³/mol. The van der Waals surface area contributed by atoms with Crippen LogP contribution in [0.4, 0.5) is 0 Å². The second kappa shape index (κ2) is 8.69. The lowest BCUT2D eigenvalue weighted by Crippen LogP contribution is -2.25. The maximum atomic E-state index is 12.5. The van der Waals surface area contributed by atoms with Crippen molar-refractivity contribution in [1.29, 1.82) is 0 Å². The van der Waals surface area contributed by atoms with Crippen LogP contribution in [0.3, 0.4) is 0 Å². The van der Waals surface area contributed by atoms with Crippen LogP contribution in [-0.4, -0.2) is 20.7 Å². The Morgan fingerprint density at radius 2 is 1.82 bits per heavy atom. The summed E-state index contributed by atoms with van der Waals surface area (Å²) >= 11 is 0. The molecule has 6 nitrogen and oxygen atoms in total. The first-order chi connectivity index (χ1) is 13.8. The molecule has 2 aromatic carbocycles. The van der Waals surface area contributed by atoms with Gasteiger partial charge in [-0.05, 0) is 42.7 Å². The fraction of sp³-hybridized carbons (Fsp3) is 0.318. The highest BCUT2D eigenvalue weighted by Gasteiger charge is 2.15. The number of benzene rings is 2. The summed E-state index contributed by atoms with van der Waals surface area (Å²) in [6, 6.07) is 17.2. The lowest BCUT2D eigenvalue weighted by molar-refractivity contribution is 0.0949. The molecule has 4 rings (SSSR count). The number of hydrogen-bond donors (Lipinski definition) is 1. The lowest BCUT2D eigenvalue weighted by atomic mass is 10.2. The minimum atomic E-state index is -0.124. The zero-order chi connectivity index (χ0) is 19.2. The van der Waals surface area contributed by atoms with E-state index in [1.807, 2.05) is 42.5 Å². The molecule has 0 radical (unpaired) electrons. The standard InChI is InChI=1S/C22H24N4O2/c27-22(23-15-21-25-24-20-9-5-2-6-14-26(20)21)18-10-12-19(13-11-18)28-16-17-7-3-1-4-8-17/h1,3-4,7-8,10-13H,2,5-6,9,14-16H2,(H,23,27). The third-order valence-electron chi connectivity index (χ3n) is 4.96. The van der Waals surface area contributed by atoms with Crippen LogP contribution >= 0.6 is 0 Å². The average Bonchev–Trinajstić information content (AvgIpc) is 2.97. The maximum absolute atomic E-state index is 12.5. The summed E-state index contributed by atoms with van der Waals surface area (Å²) in [5.74, 6) is 2.47. The van der Waals surface area contributed by atoms with E-state index in [0.29, 0.717) is 18.7 Å². The Hall–Kier alpha value is -3.15. The Morgan fingerprint density at radius 3 is 2.64 bits per heavy atom. The summed E-state index contributed by atoms with van der Waals surface area (Å²) in [7, 11) is 0. The Balaban J connectivity index is 1.32. The normalized spacial score (nSPS) is 13.4. The van der Waals surface area contributed by atoms with Gasteiger partial charge in [0.15, 0.2) is 5.82 Å². The minimum Gasteiger partial charge on any atom is -0.489 e. The van der Waals surface area contributed by atoms with Crippen LogP contribution in [0.15, 0.2) is 54.6 Å². The fourth-order valence-corrected chi connectivity index (χ4v) is 3.38. The van der Waals surface area contributed by atoms with Gasteiger partial charge in [-0.15, -0.1) is 10.2 Å². The van der Waals surface area contributed by atoms with E-state index in [9.17, 15) is 4.79 Å². The Kier molecular flexibility index (Phi) is 5.66. The van der Waals surface area contributed by atoms with Crippen molar-refractivity contribution >= 4 is 5.91 Å². The minimum absolute atomic E-state index is 0.124. The van der Waals surface area contributed by atoms with E-state index in [2.05, 4.69) is 20.1 Å². The number of nitrogens with zero attached hydrogens (tertiary/aromatic N) is 3. The molecular formula is C22H24N4O2.